The predicted molar refractivity (Wildman–Crippen MR) is 53.6 cm³/mol. The zero-order valence-electron chi connectivity index (χ0n) is 9.10. The van der Waals surface area contributed by atoms with E-state index in [4.69, 9.17) is 5.11 Å². The van der Waals surface area contributed by atoms with Gasteiger partial charge in [0, 0.05) is 6.54 Å². The van der Waals surface area contributed by atoms with E-state index in [1.807, 2.05) is 5.48 Å². The standard InChI is InChI=1S/C9H16N2O5/c1-9(15)3-2-4-11(6-9)8(14)10-16-5-7(12)13/h15H,2-6H2,1H3,(H,10,14)(H,12,13). The summed E-state index contributed by atoms with van der Waals surface area (Å²) in [6.07, 6.45) is 1.35. The molecule has 1 aliphatic heterocycles. The van der Waals surface area contributed by atoms with Gasteiger partial charge in [-0.2, -0.15) is 0 Å². The molecule has 92 valence electrons. The average Bonchev–Trinajstić information content (AvgIpc) is 2.15. The molecular weight excluding hydrogens is 216 g/mol. The number of aliphatic carboxylic acids is 1. The number of aliphatic hydroxyl groups is 1. The van der Waals surface area contributed by atoms with E-state index in [1.54, 1.807) is 6.92 Å². The molecule has 0 bridgehead atoms. The van der Waals surface area contributed by atoms with E-state index in [0.29, 0.717) is 19.4 Å². The highest BCUT2D eigenvalue weighted by Gasteiger charge is 2.30. The number of piperidine rings is 1. The van der Waals surface area contributed by atoms with Crippen LogP contribution >= 0.6 is 0 Å². The van der Waals surface area contributed by atoms with Crippen LogP contribution in [-0.2, 0) is 9.63 Å². The summed E-state index contributed by atoms with van der Waals surface area (Å²) in [5, 5.41) is 18.0. The number of carbonyl (C=O) groups is 2. The van der Waals surface area contributed by atoms with E-state index < -0.39 is 24.2 Å². The zero-order valence-corrected chi connectivity index (χ0v) is 9.10. The second-order valence-corrected chi connectivity index (χ2v) is 4.11. The Morgan fingerprint density at radius 2 is 2.25 bits per heavy atom. The maximum Gasteiger partial charge on any atom is 0.341 e. The van der Waals surface area contributed by atoms with Crippen molar-refractivity contribution in [1.29, 1.82) is 0 Å². The Balaban J connectivity index is 2.33. The number of urea groups is 1. The molecule has 0 spiro atoms. The molecule has 0 aromatic rings. The lowest BCUT2D eigenvalue weighted by molar-refractivity contribution is -0.144. The Kier molecular flexibility index (Phi) is 4.08. The molecule has 0 aromatic carbocycles. The van der Waals surface area contributed by atoms with Crippen molar-refractivity contribution in [3.63, 3.8) is 0 Å². The Morgan fingerprint density at radius 3 is 2.81 bits per heavy atom. The van der Waals surface area contributed by atoms with Crippen LogP contribution in [0.3, 0.4) is 0 Å². The maximum absolute atomic E-state index is 11.5. The van der Waals surface area contributed by atoms with Crippen LogP contribution in [0.4, 0.5) is 4.79 Å². The van der Waals surface area contributed by atoms with Gasteiger partial charge in [-0.25, -0.2) is 15.1 Å². The molecule has 1 unspecified atom stereocenters. The number of nitrogens with one attached hydrogen (secondary N) is 1. The Bertz CT molecular complexity index is 279. The van der Waals surface area contributed by atoms with Gasteiger partial charge < -0.3 is 15.1 Å². The molecule has 3 N–H and O–H groups in total. The maximum atomic E-state index is 11.5. The monoisotopic (exact) mass is 232 g/mol. The first-order chi connectivity index (χ1) is 7.41. The number of carboxylic acids is 1. The van der Waals surface area contributed by atoms with Gasteiger partial charge in [0.25, 0.3) is 0 Å². The minimum Gasteiger partial charge on any atom is -0.479 e. The van der Waals surface area contributed by atoms with Gasteiger partial charge in [0.15, 0.2) is 6.61 Å². The number of likely N-dealkylation sites (tertiary alicyclic amines) is 1. The molecular formula is C9H16N2O5. The summed E-state index contributed by atoms with van der Waals surface area (Å²) >= 11 is 0. The third-order valence-electron chi connectivity index (χ3n) is 2.32. The van der Waals surface area contributed by atoms with Crippen molar-refractivity contribution in [3.8, 4) is 0 Å². The number of carboxylic acid groups (broad SMARTS) is 1. The van der Waals surface area contributed by atoms with E-state index in [2.05, 4.69) is 4.84 Å². The van der Waals surface area contributed by atoms with Crippen LogP contribution in [-0.4, -0.2) is 52.4 Å². The van der Waals surface area contributed by atoms with Gasteiger partial charge in [0.1, 0.15) is 0 Å². The fourth-order valence-corrected chi connectivity index (χ4v) is 1.62. The molecule has 7 heteroatoms. The summed E-state index contributed by atoms with van der Waals surface area (Å²) in [6.45, 7) is 1.81. The largest absolute Gasteiger partial charge is 0.479 e. The molecule has 1 heterocycles. The first-order valence-corrected chi connectivity index (χ1v) is 5.01. The van der Waals surface area contributed by atoms with Gasteiger partial charge in [-0.3, -0.25) is 4.84 Å². The van der Waals surface area contributed by atoms with Crippen LogP contribution in [0.15, 0.2) is 0 Å². The van der Waals surface area contributed by atoms with Crippen molar-refractivity contribution < 1.29 is 24.6 Å². The molecule has 1 atom stereocenters. The average molecular weight is 232 g/mol. The number of carbonyl (C=O) groups excluding carboxylic acids is 1. The zero-order chi connectivity index (χ0) is 12.2. The van der Waals surface area contributed by atoms with Crippen molar-refractivity contribution in [2.45, 2.75) is 25.4 Å². The topological polar surface area (TPSA) is 99.1 Å². The highest BCUT2D eigenvalue weighted by molar-refractivity contribution is 5.74. The van der Waals surface area contributed by atoms with E-state index >= 15 is 0 Å². The minimum atomic E-state index is -1.16. The molecule has 1 fully saturated rings. The lowest BCUT2D eigenvalue weighted by Gasteiger charge is -2.36. The molecule has 16 heavy (non-hydrogen) atoms. The molecule has 1 saturated heterocycles. The smallest absolute Gasteiger partial charge is 0.341 e. The van der Waals surface area contributed by atoms with Crippen LogP contribution in [0.25, 0.3) is 0 Å². The number of rotatable bonds is 3. The van der Waals surface area contributed by atoms with E-state index in [9.17, 15) is 14.7 Å². The molecule has 0 aliphatic carbocycles. The Morgan fingerprint density at radius 1 is 1.56 bits per heavy atom. The van der Waals surface area contributed by atoms with Gasteiger partial charge in [-0.15, -0.1) is 0 Å². The summed E-state index contributed by atoms with van der Waals surface area (Å²) in [7, 11) is 0. The highest BCUT2D eigenvalue weighted by Crippen LogP contribution is 2.19. The minimum absolute atomic E-state index is 0.218. The lowest BCUT2D eigenvalue weighted by Crippen LogP contribution is -2.51. The number of nitrogens with zero attached hydrogens (tertiary/aromatic N) is 1. The summed E-state index contributed by atoms with van der Waals surface area (Å²) in [4.78, 5) is 27.4. The van der Waals surface area contributed by atoms with E-state index in [1.165, 1.54) is 4.90 Å². The number of β-amino-alcohol motifs (C(OH)–C–C–N with tert-alkyl or cyclic N) is 1. The summed E-state index contributed by atoms with van der Waals surface area (Å²) in [6, 6.07) is -0.527. The SMILES string of the molecule is CC1(O)CCCN(C(=O)NOCC(=O)O)C1. The number of hydroxylamine groups is 1. The lowest BCUT2D eigenvalue weighted by atomic mass is 9.95. The second kappa shape index (κ2) is 5.13. The van der Waals surface area contributed by atoms with Crippen LogP contribution in [0.2, 0.25) is 0 Å². The molecule has 0 radical (unpaired) electrons. The third-order valence-corrected chi connectivity index (χ3v) is 2.32. The van der Waals surface area contributed by atoms with Crippen molar-refractivity contribution >= 4 is 12.0 Å². The van der Waals surface area contributed by atoms with Crippen molar-refractivity contribution in [2.24, 2.45) is 0 Å². The van der Waals surface area contributed by atoms with Crippen LogP contribution in [0.1, 0.15) is 19.8 Å². The van der Waals surface area contributed by atoms with Gasteiger partial charge >= 0.3 is 12.0 Å². The van der Waals surface area contributed by atoms with Gasteiger partial charge in [0.2, 0.25) is 0 Å². The second-order valence-electron chi connectivity index (χ2n) is 4.11. The third kappa shape index (κ3) is 4.03. The quantitative estimate of drug-likeness (QED) is 0.573. The van der Waals surface area contributed by atoms with Gasteiger partial charge in [-0.1, -0.05) is 0 Å². The normalized spacial score (nSPS) is 25.2. The number of hydrogen-bond acceptors (Lipinski definition) is 4. The molecule has 2 amide bonds. The fraction of sp³-hybridized carbons (Fsp3) is 0.778. The molecule has 7 nitrogen and oxygen atoms in total. The van der Waals surface area contributed by atoms with Crippen molar-refractivity contribution in [2.75, 3.05) is 19.7 Å². The Labute approximate surface area is 92.9 Å². The van der Waals surface area contributed by atoms with E-state index in [-0.39, 0.29) is 6.54 Å². The van der Waals surface area contributed by atoms with Gasteiger partial charge in [-0.05, 0) is 19.8 Å². The number of amides is 2. The first-order valence-electron chi connectivity index (χ1n) is 5.01. The summed E-state index contributed by atoms with van der Waals surface area (Å²) in [5.41, 5.74) is 1.13. The van der Waals surface area contributed by atoms with Crippen LogP contribution in [0, 0.1) is 0 Å². The fourth-order valence-electron chi connectivity index (χ4n) is 1.62. The van der Waals surface area contributed by atoms with Crippen molar-refractivity contribution in [3.05, 3.63) is 0 Å². The summed E-state index contributed by atoms with van der Waals surface area (Å²) in [5.74, 6) is -1.16. The predicted octanol–water partition coefficient (Wildman–Crippen LogP) is -0.441. The molecule has 0 aromatic heterocycles. The van der Waals surface area contributed by atoms with Crippen LogP contribution in [0.5, 0.6) is 0 Å². The van der Waals surface area contributed by atoms with E-state index in [0.717, 1.165) is 0 Å². The molecule has 1 aliphatic rings. The first kappa shape index (κ1) is 12.7. The number of hydrogen-bond donors (Lipinski definition) is 3. The van der Waals surface area contributed by atoms with Crippen LogP contribution < -0.4 is 5.48 Å². The molecule has 1 rings (SSSR count). The Hall–Kier alpha value is -1.34. The van der Waals surface area contributed by atoms with Gasteiger partial charge in [0.05, 0.1) is 12.1 Å². The highest BCUT2D eigenvalue weighted by atomic mass is 16.7. The summed E-state index contributed by atoms with van der Waals surface area (Å²) < 4.78 is 0. The van der Waals surface area contributed by atoms with Crippen molar-refractivity contribution in [1.82, 2.24) is 10.4 Å². The molecule has 0 saturated carbocycles.